The Morgan fingerprint density at radius 1 is 1.42 bits per heavy atom. The summed E-state index contributed by atoms with van der Waals surface area (Å²) in [7, 11) is 0. The number of hydrogen-bond donors (Lipinski definition) is 0. The SMILES string of the molecule is C=CC(=O)OC1C2CC3C(=O)N(C(C)(C)C)C1C3C2. The van der Waals surface area contributed by atoms with Crippen molar-refractivity contribution < 1.29 is 14.3 Å². The number of likely N-dealkylation sites (tertiary alicyclic amines) is 1. The number of hydrogen-bond acceptors (Lipinski definition) is 3. The predicted molar refractivity (Wildman–Crippen MR) is 70.2 cm³/mol. The first-order valence-corrected chi connectivity index (χ1v) is 7.01. The van der Waals surface area contributed by atoms with Crippen molar-refractivity contribution in [3.05, 3.63) is 12.7 Å². The van der Waals surface area contributed by atoms with Crippen molar-refractivity contribution in [2.75, 3.05) is 0 Å². The molecule has 0 spiro atoms. The summed E-state index contributed by atoms with van der Waals surface area (Å²) < 4.78 is 5.55. The quantitative estimate of drug-likeness (QED) is 0.563. The number of rotatable bonds is 2. The van der Waals surface area contributed by atoms with E-state index in [4.69, 9.17) is 4.74 Å². The van der Waals surface area contributed by atoms with Crippen LogP contribution in [0, 0.1) is 17.8 Å². The van der Waals surface area contributed by atoms with Gasteiger partial charge in [0.25, 0.3) is 0 Å². The van der Waals surface area contributed by atoms with Gasteiger partial charge < -0.3 is 9.64 Å². The zero-order valence-electron chi connectivity index (χ0n) is 11.8. The van der Waals surface area contributed by atoms with Crippen LogP contribution in [-0.4, -0.2) is 34.5 Å². The molecule has 104 valence electrons. The van der Waals surface area contributed by atoms with E-state index in [0.29, 0.717) is 11.8 Å². The van der Waals surface area contributed by atoms with Crippen molar-refractivity contribution in [1.82, 2.24) is 4.90 Å². The molecule has 0 radical (unpaired) electrons. The van der Waals surface area contributed by atoms with Crippen LogP contribution in [0.4, 0.5) is 0 Å². The smallest absolute Gasteiger partial charge is 0.330 e. The number of nitrogens with zero attached hydrogens (tertiary/aromatic N) is 1. The Kier molecular flexibility index (Phi) is 2.57. The molecule has 0 aromatic heterocycles. The van der Waals surface area contributed by atoms with Crippen molar-refractivity contribution in [1.29, 1.82) is 0 Å². The molecule has 1 aliphatic heterocycles. The summed E-state index contributed by atoms with van der Waals surface area (Å²) in [6.45, 7) is 9.61. The van der Waals surface area contributed by atoms with E-state index in [9.17, 15) is 9.59 Å². The maximum Gasteiger partial charge on any atom is 0.330 e. The minimum atomic E-state index is -0.373. The van der Waals surface area contributed by atoms with Gasteiger partial charge in [0.15, 0.2) is 0 Å². The van der Waals surface area contributed by atoms with Crippen molar-refractivity contribution >= 4 is 11.9 Å². The highest BCUT2D eigenvalue weighted by Crippen LogP contribution is 2.57. The van der Waals surface area contributed by atoms with Crippen LogP contribution >= 0.6 is 0 Å². The molecule has 0 aromatic rings. The lowest BCUT2D eigenvalue weighted by molar-refractivity contribution is -0.151. The lowest BCUT2D eigenvalue weighted by atomic mass is 9.87. The minimum Gasteiger partial charge on any atom is -0.457 e. The lowest BCUT2D eigenvalue weighted by Crippen LogP contribution is -2.52. The number of esters is 1. The highest BCUT2D eigenvalue weighted by Gasteiger charge is 2.66. The third kappa shape index (κ3) is 1.65. The van der Waals surface area contributed by atoms with Crippen LogP contribution in [0.15, 0.2) is 12.7 Å². The van der Waals surface area contributed by atoms with E-state index >= 15 is 0 Å². The Hall–Kier alpha value is -1.32. The van der Waals surface area contributed by atoms with Gasteiger partial charge in [0.05, 0.1) is 6.04 Å². The Bertz CT molecular complexity index is 451. The van der Waals surface area contributed by atoms with E-state index in [1.54, 1.807) is 0 Å². The average Bonchev–Trinajstić information content (AvgIpc) is 2.90. The summed E-state index contributed by atoms with van der Waals surface area (Å²) >= 11 is 0. The van der Waals surface area contributed by atoms with Crippen LogP contribution in [0.3, 0.4) is 0 Å². The number of ether oxygens (including phenoxy) is 1. The molecule has 1 saturated heterocycles. The molecule has 4 heteroatoms. The van der Waals surface area contributed by atoms with E-state index in [0.717, 1.165) is 12.8 Å². The van der Waals surface area contributed by atoms with Gasteiger partial charge in [-0.1, -0.05) is 6.58 Å². The molecule has 0 N–H and O–H groups in total. The monoisotopic (exact) mass is 263 g/mol. The Labute approximate surface area is 113 Å². The van der Waals surface area contributed by atoms with Gasteiger partial charge in [-0.3, -0.25) is 4.79 Å². The zero-order chi connectivity index (χ0) is 13.9. The largest absolute Gasteiger partial charge is 0.457 e. The molecule has 4 nitrogen and oxygen atoms in total. The molecular weight excluding hydrogens is 242 g/mol. The van der Waals surface area contributed by atoms with Crippen LogP contribution in [-0.2, 0) is 14.3 Å². The van der Waals surface area contributed by atoms with Crippen LogP contribution in [0.2, 0.25) is 0 Å². The molecule has 19 heavy (non-hydrogen) atoms. The fourth-order valence-electron chi connectivity index (χ4n) is 4.35. The summed E-state index contributed by atoms with van der Waals surface area (Å²) in [5.41, 5.74) is -0.215. The second-order valence-corrected chi connectivity index (χ2v) is 6.98. The molecule has 0 aromatic carbocycles. The number of carbonyl (C=O) groups is 2. The maximum atomic E-state index is 12.5. The van der Waals surface area contributed by atoms with Crippen LogP contribution < -0.4 is 0 Å². The summed E-state index contributed by atoms with van der Waals surface area (Å²) in [5, 5.41) is 0. The van der Waals surface area contributed by atoms with Gasteiger partial charge in [0.2, 0.25) is 5.91 Å². The second kappa shape index (κ2) is 3.84. The van der Waals surface area contributed by atoms with E-state index in [1.807, 2.05) is 4.90 Å². The third-order valence-electron chi connectivity index (χ3n) is 4.88. The fraction of sp³-hybridized carbons (Fsp3) is 0.733. The first kappa shape index (κ1) is 12.7. The topological polar surface area (TPSA) is 46.6 Å². The molecule has 1 amide bonds. The molecule has 5 atom stereocenters. The van der Waals surface area contributed by atoms with Crippen molar-refractivity contribution in [3.8, 4) is 0 Å². The van der Waals surface area contributed by atoms with Crippen molar-refractivity contribution in [3.63, 3.8) is 0 Å². The first-order chi connectivity index (χ1) is 8.84. The van der Waals surface area contributed by atoms with Crippen LogP contribution in [0.5, 0.6) is 0 Å². The molecule has 3 rings (SSSR count). The Balaban J connectivity index is 1.92. The van der Waals surface area contributed by atoms with Crippen LogP contribution in [0.25, 0.3) is 0 Å². The average molecular weight is 263 g/mol. The minimum absolute atomic E-state index is 0.0696. The van der Waals surface area contributed by atoms with Gasteiger partial charge in [-0.25, -0.2) is 4.79 Å². The molecule has 2 bridgehead atoms. The van der Waals surface area contributed by atoms with Crippen LogP contribution in [0.1, 0.15) is 33.6 Å². The van der Waals surface area contributed by atoms with Gasteiger partial charge in [-0.2, -0.15) is 0 Å². The second-order valence-electron chi connectivity index (χ2n) is 6.98. The standard InChI is InChI=1S/C15H21NO3/c1-5-11(17)19-13-8-6-9-10(7-8)14(18)16(12(9)13)15(2,3)4/h5,8-10,12-13H,1,6-7H2,2-4H3. The summed E-state index contributed by atoms with van der Waals surface area (Å²) in [4.78, 5) is 26.0. The normalized spacial score (nSPS) is 39.8. The Morgan fingerprint density at radius 3 is 2.68 bits per heavy atom. The molecule has 3 fully saturated rings. The number of amides is 1. The van der Waals surface area contributed by atoms with E-state index < -0.39 is 0 Å². The number of carbonyl (C=O) groups excluding carboxylic acids is 2. The first-order valence-electron chi connectivity index (χ1n) is 7.01. The third-order valence-corrected chi connectivity index (χ3v) is 4.88. The molecule has 1 heterocycles. The van der Waals surface area contributed by atoms with Crippen molar-refractivity contribution in [2.24, 2.45) is 17.8 Å². The molecule has 2 aliphatic carbocycles. The summed E-state index contributed by atoms with van der Waals surface area (Å²) in [5.74, 6) is 0.761. The lowest BCUT2D eigenvalue weighted by Gasteiger charge is -2.39. The number of fused-ring (bicyclic) bond motifs is 1. The molecular formula is C15H21NO3. The van der Waals surface area contributed by atoms with Gasteiger partial charge in [0.1, 0.15) is 6.10 Å². The van der Waals surface area contributed by atoms with Gasteiger partial charge in [-0.05, 0) is 45.4 Å². The van der Waals surface area contributed by atoms with Gasteiger partial charge >= 0.3 is 5.97 Å². The zero-order valence-corrected chi connectivity index (χ0v) is 11.8. The summed E-state index contributed by atoms with van der Waals surface area (Å²) in [6.07, 6.45) is 2.96. The van der Waals surface area contributed by atoms with E-state index in [2.05, 4.69) is 27.4 Å². The highest BCUT2D eigenvalue weighted by atomic mass is 16.5. The van der Waals surface area contributed by atoms with E-state index in [1.165, 1.54) is 6.08 Å². The van der Waals surface area contributed by atoms with Crippen molar-refractivity contribution in [2.45, 2.75) is 51.3 Å². The van der Waals surface area contributed by atoms with Gasteiger partial charge in [-0.15, -0.1) is 0 Å². The highest BCUT2D eigenvalue weighted by molar-refractivity contribution is 5.85. The molecule has 2 saturated carbocycles. The molecule has 3 aliphatic rings. The Morgan fingerprint density at radius 2 is 2.11 bits per heavy atom. The summed E-state index contributed by atoms with van der Waals surface area (Å²) in [6, 6.07) is 0.0696. The molecule has 5 unspecified atom stereocenters. The maximum absolute atomic E-state index is 12.5. The predicted octanol–water partition coefficient (Wildman–Crippen LogP) is 1.75. The van der Waals surface area contributed by atoms with E-state index in [-0.39, 0.29) is 35.5 Å². The fourth-order valence-corrected chi connectivity index (χ4v) is 4.35. The van der Waals surface area contributed by atoms with Gasteiger partial charge in [0, 0.05) is 17.5 Å².